The third-order valence-electron chi connectivity index (χ3n) is 4.86. The Kier molecular flexibility index (Phi) is 7.02. The first kappa shape index (κ1) is 25.3. The Balaban J connectivity index is 1.57. The number of pyridine rings is 1. The third kappa shape index (κ3) is 5.11. The number of thiophene rings is 1. The molecule has 0 fully saturated rings. The molecule has 4 rings (SSSR count). The van der Waals surface area contributed by atoms with Gasteiger partial charge in [0, 0.05) is 34.3 Å². The van der Waals surface area contributed by atoms with Crippen LogP contribution in [0.2, 0.25) is 9.36 Å². The van der Waals surface area contributed by atoms with Crippen LogP contribution in [0.15, 0.2) is 62.0 Å². The van der Waals surface area contributed by atoms with Crippen LogP contribution in [0.5, 0.6) is 5.88 Å². The van der Waals surface area contributed by atoms with Gasteiger partial charge in [0.25, 0.3) is 15.6 Å². The van der Waals surface area contributed by atoms with Crippen molar-refractivity contribution >= 4 is 88.7 Å². The van der Waals surface area contributed by atoms with Crippen LogP contribution in [-0.4, -0.2) is 31.2 Å². The number of carbonyl (C=O) groups excluding carboxylic acids is 1. The highest BCUT2D eigenvalue weighted by Gasteiger charge is 2.22. The summed E-state index contributed by atoms with van der Waals surface area (Å²) < 4.78 is 28.2. The highest BCUT2D eigenvalue weighted by molar-refractivity contribution is 9.10. The smallest absolute Gasteiger partial charge is 0.333 e. The summed E-state index contributed by atoms with van der Waals surface area (Å²) in [6.45, 7) is 0. The average molecular weight is 618 g/mol. The van der Waals surface area contributed by atoms with Gasteiger partial charge in [0.2, 0.25) is 5.88 Å². The van der Waals surface area contributed by atoms with Gasteiger partial charge in [-0.3, -0.25) is 4.79 Å². The average Bonchev–Trinajstić information content (AvgIpc) is 3.14. The summed E-state index contributed by atoms with van der Waals surface area (Å²) in [5, 5.41) is 17.3. The number of nitrogens with zero attached hydrogens (tertiary/aromatic N) is 1. The van der Waals surface area contributed by atoms with E-state index < -0.39 is 21.6 Å². The van der Waals surface area contributed by atoms with Crippen LogP contribution in [0.4, 0.5) is 16.2 Å². The first-order valence-electron chi connectivity index (χ1n) is 9.65. The lowest BCUT2D eigenvalue weighted by Gasteiger charge is -2.14. The summed E-state index contributed by atoms with van der Waals surface area (Å²) >= 11 is 15.7. The fourth-order valence-corrected chi connectivity index (χ4v) is 6.58. The molecule has 0 aliphatic heterocycles. The van der Waals surface area contributed by atoms with Gasteiger partial charge in [-0.05, 0) is 63.8 Å². The molecule has 2 amide bonds. The first-order chi connectivity index (χ1) is 16.5. The molecule has 0 aliphatic carbocycles. The van der Waals surface area contributed by atoms with Gasteiger partial charge in [0.05, 0.1) is 10.7 Å². The van der Waals surface area contributed by atoms with Crippen LogP contribution in [-0.2, 0) is 10.0 Å². The van der Waals surface area contributed by atoms with Crippen molar-refractivity contribution < 1.29 is 18.3 Å². The summed E-state index contributed by atoms with van der Waals surface area (Å²) in [4.78, 5) is 24.9. The van der Waals surface area contributed by atoms with Crippen molar-refractivity contribution in [1.82, 2.24) is 9.29 Å². The molecule has 0 radical (unpaired) electrons. The standard InChI is InChI=1S/C21H15BrCl2N4O5S2/c1-25-16-6-10-7-17(29)28(20(30)13(10)8-14(16)22)12-4-2-11(3-5-12)26-21(31)27-35(32,33)18-9-15(23)19(24)34-18/h2-9,25,30H,1H3,(H2,26,27,31). The fourth-order valence-electron chi connectivity index (χ4n) is 3.25. The summed E-state index contributed by atoms with van der Waals surface area (Å²) in [6, 6.07) is 10.9. The van der Waals surface area contributed by atoms with Crippen molar-refractivity contribution in [2.24, 2.45) is 0 Å². The Labute approximate surface area is 221 Å². The summed E-state index contributed by atoms with van der Waals surface area (Å²) in [6.07, 6.45) is 0. The van der Waals surface area contributed by atoms with E-state index in [4.69, 9.17) is 23.2 Å². The Morgan fingerprint density at radius 3 is 2.40 bits per heavy atom. The van der Waals surface area contributed by atoms with E-state index in [2.05, 4.69) is 26.6 Å². The Bertz CT molecular complexity index is 1620. The van der Waals surface area contributed by atoms with E-state index >= 15 is 0 Å². The lowest BCUT2D eigenvalue weighted by molar-refractivity contribution is 0.256. The van der Waals surface area contributed by atoms with E-state index in [1.807, 2.05) is 4.72 Å². The molecule has 9 nitrogen and oxygen atoms in total. The van der Waals surface area contributed by atoms with Crippen LogP contribution in [0.25, 0.3) is 16.5 Å². The molecule has 0 saturated carbocycles. The molecule has 182 valence electrons. The van der Waals surface area contributed by atoms with Crippen LogP contribution >= 0.6 is 50.5 Å². The number of amides is 2. The van der Waals surface area contributed by atoms with E-state index in [-0.39, 0.29) is 25.1 Å². The maximum absolute atomic E-state index is 12.7. The highest BCUT2D eigenvalue weighted by Crippen LogP contribution is 2.35. The van der Waals surface area contributed by atoms with Crippen LogP contribution < -0.4 is 20.9 Å². The molecule has 35 heavy (non-hydrogen) atoms. The number of aromatic nitrogens is 1. The van der Waals surface area contributed by atoms with E-state index in [1.54, 1.807) is 19.2 Å². The summed E-state index contributed by atoms with van der Waals surface area (Å²) in [5.41, 5.74) is 0.885. The minimum absolute atomic E-state index is 0.0649. The predicted molar refractivity (Wildman–Crippen MR) is 142 cm³/mol. The number of benzene rings is 2. The van der Waals surface area contributed by atoms with E-state index in [9.17, 15) is 23.1 Å². The van der Waals surface area contributed by atoms with Crippen LogP contribution in [0.1, 0.15) is 0 Å². The number of hydrogen-bond donors (Lipinski definition) is 4. The SMILES string of the molecule is CNc1cc2cc(=O)n(-c3ccc(NC(=O)NS(=O)(=O)c4cc(Cl)c(Cl)s4)cc3)c(O)c2cc1Br. The van der Waals surface area contributed by atoms with Gasteiger partial charge >= 0.3 is 6.03 Å². The zero-order chi connectivity index (χ0) is 25.5. The number of fused-ring (bicyclic) bond motifs is 1. The quantitative estimate of drug-likeness (QED) is 0.238. The van der Waals surface area contributed by atoms with Crippen molar-refractivity contribution in [2.75, 3.05) is 17.7 Å². The molecule has 14 heteroatoms. The van der Waals surface area contributed by atoms with Gasteiger partial charge < -0.3 is 15.7 Å². The monoisotopic (exact) mass is 616 g/mol. The molecular weight excluding hydrogens is 603 g/mol. The van der Waals surface area contributed by atoms with Gasteiger partial charge in [-0.15, -0.1) is 11.3 Å². The van der Waals surface area contributed by atoms with E-state index in [0.717, 1.165) is 16.3 Å². The van der Waals surface area contributed by atoms with Crippen molar-refractivity contribution in [1.29, 1.82) is 0 Å². The molecule has 0 aliphatic rings. The van der Waals surface area contributed by atoms with Gasteiger partial charge in [-0.25, -0.2) is 22.5 Å². The lowest BCUT2D eigenvalue weighted by atomic mass is 10.1. The molecule has 2 heterocycles. The molecular formula is C21H15BrCl2N4O5S2. The molecule has 2 aromatic carbocycles. The minimum atomic E-state index is -4.17. The van der Waals surface area contributed by atoms with Crippen molar-refractivity contribution in [2.45, 2.75) is 4.21 Å². The topological polar surface area (TPSA) is 130 Å². The zero-order valence-electron chi connectivity index (χ0n) is 17.6. The summed E-state index contributed by atoms with van der Waals surface area (Å²) in [5.74, 6) is -0.256. The zero-order valence-corrected chi connectivity index (χ0v) is 22.3. The molecule has 0 spiro atoms. The van der Waals surface area contributed by atoms with Gasteiger partial charge in [0.1, 0.15) is 8.55 Å². The second kappa shape index (κ2) is 9.70. The van der Waals surface area contributed by atoms with Crippen molar-refractivity contribution in [3.05, 3.63) is 72.7 Å². The molecule has 4 aromatic rings. The fraction of sp³-hybridized carbons (Fsp3) is 0.0476. The number of carbonyl (C=O) groups is 1. The molecule has 0 unspecified atom stereocenters. The van der Waals surface area contributed by atoms with Gasteiger partial charge in [0.15, 0.2) is 0 Å². The van der Waals surface area contributed by atoms with E-state index in [1.165, 1.54) is 30.3 Å². The Morgan fingerprint density at radius 2 is 1.80 bits per heavy atom. The Hall–Kier alpha value is -2.77. The van der Waals surface area contributed by atoms with E-state index in [0.29, 0.717) is 32.3 Å². The normalized spacial score (nSPS) is 11.4. The maximum Gasteiger partial charge on any atom is 0.333 e. The number of hydrogen-bond acceptors (Lipinski definition) is 7. The van der Waals surface area contributed by atoms with Crippen LogP contribution in [0, 0.1) is 0 Å². The molecule has 0 bridgehead atoms. The third-order valence-corrected chi connectivity index (χ3v) is 9.18. The van der Waals surface area contributed by atoms with Crippen molar-refractivity contribution in [3.63, 3.8) is 0 Å². The minimum Gasteiger partial charge on any atom is -0.494 e. The lowest BCUT2D eigenvalue weighted by Crippen LogP contribution is -2.33. The number of aromatic hydroxyl groups is 1. The van der Waals surface area contributed by atoms with Crippen LogP contribution in [0.3, 0.4) is 0 Å². The number of rotatable bonds is 5. The highest BCUT2D eigenvalue weighted by atomic mass is 79.9. The molecule has 4 N–H and O–H groups in total. The molecule has 0 atom stereocenters. The van der Waals surface area contributed by atoms with Gasteiger partial charge in [-0.2, -0.15) is 0 Å². The Morgan fingerprint density at radius 1 is 1.11 bits per heavy atom. The number of sulfonamides is 1. The number of anilines is 2. The number of urea groups is 1. The molecule has 2 aromatic heterocycles. The van der Waals surface area contributed by atoms with Gasteiger partial charge in [-0.1, -0.05) is 23.2 Å². The predicted octanol–water partition coefficient (Wildman–Crippen LogP) is 5.38. The van der Waals surface area contributed by atoms with Crippen molar-refractivity contribution in [3.8, 4) is 11.6 Å². The largest absolute Gasteiger partial charge is 0.494 e. The number of nitrogens with one attached hydrogen (secondary N) is 3. The maximum atomic E-state index is 12.7. The second-order valence-corrected chi connectivity index (χ2v) is 11.9. The first-order valence-corrected chi connectivity index (χ1v) is 13.5. The number of halogens is 3. The molecule has 0 saturated heterocycles. The second-order valence-electron chi connectivity index (χ2n) is 7.10. The summed E-state index contributed by atoms with van der Waals surface area (Å²) in [7, 11) is -2.43.